The zero-order chi connectivity index (χ0) is 15.2. The second kappa shape index (κ2) is 7.04. The molecule has 5 heteroatoms. The number of hydrogen-bond donors (Lipinski definition) is 2. The molecule has 2 aromatic carbocycles. The van der Waals surface area contributed by atoms with E-state index < -0.39 is 0 Å². The summed E-state index contributed by atoms with van der Waals surface area (Å²) < 4.78 is 10.9. The first-order valence-corrected chi connectivity index (χ1v) is 7.64. The third-order valence-electron chi connectivity index (χ3n) is 3.02. The van der Waals surface area contributed by atoms with E-state index in [1.54, 1.807) is 24.9 Å². The van der Waals surface area contributed by atoms with E-state index in [-0.39, 0.29) is 5.84 Å². The minimum atomic E-state index is -0.0157. The lowest BCUT2D eigenvalue weighted by Gasteiger charge is -2.11. The normalized spacial score (nSPS) is 10.2. The van der Waals surface area contributed by atoms with Crippen LogP contribution in [0, 0.1) is 5.41 Å². The van der Waals surface area contributed by atoms with Gasteiger partial charge in [0.2, 0.25) is 0 Å². The highest BCUT2D eigenvalue weighted by molar-refractivity contribution is 7.98. The third kappa shape index (κ3) is 3.92. The predicted octanol–water partition coefficient (Wildman–Crippen LogP) is 3.28. The minimum Gasteiger partial charge on any atom is -0.496 e. The molecule has 0 aliphatic rings. The average Bonchev–Trinajstić information content (AvgIpc) is 2.53. The molecular formula is C16H18N2O2S. The van der Waals surface area contributed by atoms with Crippen molar-refractivity contribution in [3.8, 4) is 11.5 Å². The molecule has 0 bridgehead atoms. The van der Waals surface area contributed by atoms with Crippen LogP contribution < -0.4 is 15.2 Å². The Hall–Kier alpha value is -2.14. The fourth-order valence-electron chi connectivity index (χ4n) is 1.89. The molecule has 0 fully saturated rings. The molecule has 0 aliphatic heterocycles. The molecule has 21 heavy (non-hydrogen) atoms. The van der Waals surface area contributed by atoms with Crippen molar-refractivity contribution in [3.63, 3.8) is 0 Å². The van der Waals surface area contributed by atoms with Crippen LogP contribution in [0.25, 0.3) is 0 Å². The van der Waals surface area contributed by atoms with Crippen molar-refractivity contribution in [2.45, 2.75) is 11.5 Å². The zero-order valence-corrected chi connectivity index (χ0v) is 12.9. The van der Waals surface area contributed by atoms with E-state index in [1.165, 1.54) is 4.90 Å². The van der Waals surface area contributed by atoms with Gasteiger partial charge in [0.1, 0.15) is 23.9 Å². The van der Waals surface area contributed by atoms with Crippen molar-refractivity contribution in [2.24, 2.45) is 5.73 Å². The molecular weight excluding hydrogens is 284 g/mol. The number of rotatable bonds is 6. The highest BCUT2D eigenvalue weighted by atomic mass is 32.2. The zero-order valence-electron chi connectivity index (χ0n) is 12.1. The lowest BCUT2D eigenvalue weighted by molar-refractivity contribution is 0.305. The summed E-state index contributed by atoms with van der Waals surface area (Å²) >= 11 is 1.69. The molecule has 0 aliphatic carbocycles. The van der Waals surface area contributed by atoms with E-state index in [0.717, 1.165) is 11.3 Å². The van der Waals surface area contributed by atoms with Gasteiger partial charge in [-0.2, -0.15) is 0 Å². The first-order chi connectivity index (χ1) is 10.1. The van der Waals surface area contributed by atoms with Gasteiger partial charge in [-0.25, -0.2) is 0 Å². The number of hydrogen-bond acceptors (Lipinski definition) is 4. The number of amidine groups is 1. The molecule has 0 radical (unpaired) electrons. The highest BCUT2D eigenvalue weighted by Gasteiger charge is 2.07. The minimum absolute atomic E-state index is 0.0157. The van der Waals surface area contributed by atoms with Crippen LogP contribution in [0.2, 0.25) is 0 Å². The molecule has 3 N–H and O–H groups in total. The Morgan fingerprint density at radius 1 is 1.19 bits per heavy atom. The second-order valence-electron chi connectivity index (χ2n) is 4.41. The molecule has 0 saturated heterocycles. The maximum Gasteiger partial charge on any atom is 0.129 e. The Bertz CT molecular complexity index is 627. The largest absolute Gasteiger partial charge is 0.496 e. The Kier molecular flexibility index (Phi) is 5.11. The van der Waals surface area contributed by atoms with Crippen molar-refractivity contribution >= 4 is 17.6 Å². The number of nitrogens with one attached hydrogen (secondary N) is 1. The molecule has 0 unspecified atom stereocenters. The first kappa shape index (κ1) is 15.3. The van der Waals surface area contributed by atoms with Gasteiger partial charge in [0, 0.05) is 4.90 Å². The topological polar surface area (TPSA) is 68.3 Å². The van der Waals surface area contributed by atoms with Gasteiger partial charge in [0.25, 0.3) is 0 Å². The van der Waals surface area contributed by atoms with Crippen molar-refractivity contribution in [2.75, 3.05) is 13.4 Å². The van der Waals surface area contributed by atoms with Crippen LogP contribution in [0.4, 0.5) is 0 Å². The van der Waals surface area contributed by atoms with E-state index in [0.29, 0.717) is 17.9 Å². The summed E-state index contributed by atoms with van der Waals surface area (Å²) in [6.07, 6.45) is 2.04. The number of benzene rings is 2. The van der Waals surface area contributed by atoms with Crippen LogP contribution in [0.1, 0.15) is 11.1 Å². The van der Waals surface area contributed by atoms with Crippen LogP contribution in [0.3, 0.4) is 0 Å². The second-order valence-corrected chi connectivity index (χ2v) is 5.29. The van der Waals surface area contributed by atoms with Gasteiger partial charge in [-0.05, 0) is 48.2 Å². The molecule has 2 rings (SSSR count). The van der Waals surface area contributed by atoms with Crippen molar-refractivity contribution in [1.29, 1.82) is 5.41 Å². The van der Waals surface area contributed by atoms with Crippen molar-refractivity contribution in [3.05, 3.63) is 53.6 Å². The Morgan fingerprint density at radius 3 is 2.48 bits per heavy atom. The van der Waals surface area contributed by atoms with Gasteiger partial charge in [-0.3, -0.25) is 5.41 Å². The van der Waals surface area contributed by atoms with E-state index in [2.05, 4.69) is 0 Å². The molecule has 0 atom stereocenters. The van der Waals surface area contributed by atoms with Crippen LogP contribution >= 0.6 is 11.8 Å². The predicted molar refractivity (Wildman–Crippen MR) is 86.6 cm³/mol. The molecule has 0 heterocycles. The summed E-state index contributed by atoms with van der Waals surface area (Å²) in [5, 5.41) is 7.57. The molecule has 110 valence electrons. The summed E-state index contributed by atoms with van der Waals surface area (Å²) in [6, 6.07) is 13.5. The standard InChI is InChI=1S/C16H18N2O2S/c1-19-15-8-3-11(9-14(15)16(17)18)10-20-12-4-6-13(21-2)7-5-12/h3-9H,10H2,1-2H3,(H3,17,18). The molecule has 0 aromatic heterocycles. The van der Waals surface area contributed by atoms with E-state index in [9.17, 15) is 0 Å². The summed E-state index contributed by atoms with van der Waals surface area (Å²) in [7, 11) is 1.56. The van der Waals surface area contributed by atoms with Crippen LogP contribution in [0.5, 0.6) is 11.5 Å². The Morgan fingerprint density at radius 2 is 1.90 bits per heavy atom. The van der Waals surface area contributed by atoms with Gasteiger partial charge >= 0.3 is 0 Å². The summed E-state index contributed by atoms with van der Waals surface area (Å²) in [4.78, 5) is 1.20. The molecule has 0 spiro atoms. The molecule has 0 amide bonds. The van der Waals surface area contributed by atoms with Gasteiger partial charge < -0.3 is 15.2 Å². The lowest BCUT2D eigenvalue weighted by Crippen LogP contribution is -2.13. The monoisotopic (exact) mass is 302 g/mol. The van der Waals surface area contributed by atoms with E-state index >= 15 is 0 Å². The lowest BCUT2D eigenvalue weighted by atomic mass is 10.1. The van der Waals surface area contributed by atoms with Gasteiger partial charge in [0.05, 0.1) is 12.7 Å². The van der Waals surface area contributed by atoms with Crippen LogP contribution in [-0.2, 0) is 6.61 Å². The number of nitrogens with two attached hydrogens (primary N) is 1. The SMILES string of the molecule is COc1ccc(COc2ccc(SC)cc2)cc1C(=N)N. The highest BCUT2D eigenvalue weighted by Crippen LogP contribution is 2.22. The van der Waals surface area contributed by atoms with E-state index in [1.807, 2.05) is 42.7 Å². The van der Waals surface area contributed by atoms with Crippen LogP contribution in [-0.4, -0.2) is 19.2 Å². The van der Waals surface area contributed by atoms with E-state index in [4.69, 9.17) is 20.6 Å². The number of nitrogen functional groups attached to an aromatic ring is 1. The number of thioether (sulfide) groups is 1. The first-order valence-electron chi connectivity index (χ1n) is 6.42. The summed E-state index contributed by atoms with van der Waals surface area (Å²) in [6.45, 7) is 0.420. The fourth-order valence-corrected chi connectivity index (χ4v) is 2.30. The third-order valence-corrected chi connectivity index (χ3v) is 3.76. The van der Waals surface area contributed by atoms with Crippen LogP contribution in [0.15, 0.2) is 47.4 Å². The molecule has 4 nitrogen and oxygen atoms in total. The molecule has 0 saturated carbocycles. The number of ether oxygens (including phenoxy) is 2. The van der Waals surface area contributed by atoms with Gasteiger partial charge in [-0.1, -0.05) is 6.07 Å². The fraction of sp³-hybridized carbons (Fsp3) is 0.188. The molecule has 2 aromatic rings. The Labute approximate surface area is 128 Å². The average molecular weight is 302 g/mol. The number of methoxy groups -OCH3 is 1. The maximum absolute atomic E-state index is 7.57. The van der Waals surface area contributed by atoms with Gasteiger partial charge in [-0.15, -0.1) is 11.8 Å². The van der Waals surface area contributed by atoms with Gasteiger partial charge in [0.15, 0.2) is 0 Å². The maximum atomic E-state index is 7.57. The van der Waals surface area contributed by atoms with Crippen molar-refractivity contribution < 1.29 is 9.47 Å². The quantitative estimate of drug-likeness (QED) is 0.488. The summed E-state index contributed by atoms with van der Waals surface area (Å²) in [5.74, 6) is 1.39. The van der Waals surface area contributed by atoms with Crippen molar-refractivity contribution in [1.82, 2.24) is 0 Å². The smallest absolute Gasteiger partial charge is 0.129 e. The summed E-state index contributed by atoms with van der Waals surface area (Å²) in [5.41, 5.74) is 7.08. The Balaban J connectivity index is 2.08.